The van der Waals surface area contributed by atoms with Crippen LogP contribution in [0.3, 0.4) is 0 Å². The average Bonchev–Trinajstić information content (AvgIpc) is 3.17. The average molecular weight is 429 g/mol. The standard InChI is InChI=1S/C15H27NO11S/c17-2-7-10(21)12(23)9(20)6(27-7)1-5(18)8(19)11(22)13(24)14-16-4(3-28-14)15(25)26/h4-14,16-24H,1-3H2,(H,25,26)/t4-,5+,6+,7+,8+,9-,10-,11+,12+,13+,14+/m0/s1. The number of thioether (sulfide) groups is 1. The van der Waals surface area contributed by atoms with Crippen LogP contribution in [0, 0.1) is 0 Å². The van der Waals surface area contributed by atoms with Gasteiger partial charge in [0.25, 0.3) is 0 Å². The van der Waals surface area contributed by atoms with Gasteiger partial charge < -0.3 is 50.7 Å². The predicted octanol–water partition coefficient (Wildman–Crippen LogP) is -5.22. The molecule has 12 nitrogen and oxygen atoms in total. The van der Waals surface area contributed by atoms with E-state index in [4.69, 9.17) is 14.9 Å². The molecule has 2 heterocycles. The molecule has 0 bridgehead atoms. The minimum absolute atomic E-state index is 0.146. The van der Waals surface area contributed by atoms with E-state index in [2.05, 4.69) is 5.32 Å². The van der Waals surface area contributed by atoms with Crippen molar-refractivity contribution in [3.63, 3.8) is 0 Å². The van der Waals surface area contributed by atoms with Gasteiger partial charge in [0, 0.05) is 12.2 Å². The Morgan fingerprint density at radius 1 is 1.04 bits per heavy atom. The number of carboxylic acid groups (broad SMARTS) is 1. The molecule has 2 aliphatic rings. The molecule has 0 unspecified atom stereocenters. The van der Waals surface area contributed by atoms with E-state index in [9.17, 15) is 40.5 Å². The van der Waals surface area contributed by atoms with Crippen LogP contribution in [-0.2, 0) is 9.53 Å². The molecular formula is C15H27NO11S. The van der Waals surface area contributed by atoms with Gasteiger partial charge in [-0.25, -0.2) is 0 Å². The lowest BCUT2D eigenvalue weighted by Gasteiger charge is -2.41. The molecule has 2 aliphatic heterocycles. The van der Waals surface area contributed by atoms with Crippen molar-refractivity contribution in [1.29, 1.82) is 0 Å². The summed E-state index contributed by atoms with van der Waals surface area (Å²) in [5.74, 6) is -0.979. The van der Waals surface area contributed by atoms with E-state index < -0.39 is 85.3 Å². The highest BCUT2D eigenvalue weighted by molar-refractivity contribution is 8.00. The van der Waals surface area contributed by atoms with Gasteiger partial charge >= 0.3 is 5.97 Å². The number of nitrogens with one attached hydrogen (secondary N) is 1. The number of ether oxygens (including phenoxy) is 1. The van der Waals surface area contributed by atoms with Crippen molar-refractivity contribution in [3.05, 3.63) is 0 Å². The van der Waals surface area contributed by atoms with Gasteiger partial charge in [0.1, 0.15) is 48.8 Å². The molecule has 10 N–H and O–H groups in total. The molecule has 0 aromatic rings. The molecule has 0 aliphatic carbocycles. The summed E-state index contributed by atoms with van der Waals surface area (Å²) in [5, 5.41) is 89.8. The summed E-state index contributed by atoms with van der Waals surface area (Å²) < 4.78 is 5.22. The molecule has 2 fully saturated rings. The lowest BCUT2D eigenvalue weighted by Crippen LogP contribution is -2.60. The van der Waals surface area contributed by atoms with Crippen LogP contribution in [-0.4, -0.2) is 131 Å². The number of carbonyl (C=O) groups is 1. The van der Waals surface area contributed by atoms with Crippen molar-refractivity contribution in [2.75, 3.05) is 12.4 Å². The maximum absolute atomic E-state index is 10.9. The van der Waals surface area contributed by atoms with Gasteiger partial charge in [-0.2, -0.15) is 0 Å². The number of hydrogen-bond donors (Lipinski definition) is 10. The van der Waals surface area contributed by atoms with Crippen LogP contribution in [0.4, 0.5) is 0 Å². The van der Waals surface area contributed by atoms with Gasteiger partial charge in [0.2, 0.25) is 0 Å². The third kappa shape index (κ3) is 5.12. The zero-order valence-corrected chi connectivity index (χ0v) is 15.5. The molecule has 0 amide bonds. The molecule has 13 heteroatoms. The molecule has 0 aromatic carbocycles. The Kier molecular flexibility index (Phi) is 8.42. The van der Waals surface area contributed by atoms with E-state index in [1.165, 1.54) is 0 Å². The van der Waals surface area contributed by atoms with Gasteiger partial charge in [0.15, 0.2) is 0 Å². The SMILES string of the molecule is O=C(O)[C@@H]1CS[C@H]([C@H](O)[C@H](O)[C@H](O)[C@H](O)C[C@H]2O[C@H](CO)[C@H](O)[C@H](O)[C@H]2O)N1. The fourth-order valence-corrected chi connectivity index (χ4v) is 4.45. The van der Waals surface area contributed by atoms with Crippen molar-refractivity contribution in [3.8, 4) is 0 Å². The van der Waals surface area contributed by atoms with Crippen molar-refractivity contribution < 1.29 is 55.5 Å². The molecule has 0 radical (unpaired) electrons. The van der Waals surface area contributed by atoms with E-state index in [0.717, 1.165) is 11.8 Å². The number of rotatable bonds is 8. The number of aliphatic carboxylic acids is 1. The van der Waals surface area contributed by atoms with Crippen LogP contribution in [0.2, 0.25) is 0 Å². The Bertz CT molecular complexity index is 526. The highest BCUT2D eigenvalue weighted by atomic mass is 32.2. The van der Waals surface area contributed by atoms with Gasteiger partial charge in [-0.3, -0.25) is 10.1 Å². The second-order valence-electron chi connectivity index (χ2n) is 6.95. The Hall–Kier alpha value is -0.580. The lowest BCUT2D eigenvalue weighted by molar-refractivity contribution is -0.238. The van der Waals surface area contributed by atoms with Crippen LogP contribution in [0.5, 0.6) is 0 Å². The highest BCUT2D eigenvalue weighted by Gasteiger charge is 2.46. The summed E-state index contributed by atoms with van der Waals surface area (Å²) >= 11 is 1.04. The van der Waals surface area contributed by atoms with Crippen molar-refractivity contribution in [2.45, 2.75) is 72.8 Å². The fraction of sp³-hybridized carbons (Fsp3) is 0.933. The Morgan fingerprint density at radius 2 is 1.64 bits per heavy atom. The lowest BCUT2D eigenvalue weighted by atomic mass is 9.90. The van der Waals surface area contributed by atoms with E-state index in [0.29, 0.717) is 0 Å². The Morgan fingerprint density at radius 3 is 2.18 bits per heavy atom. The summed E-state index contributed by atoms with van der Waals surface area (Å²) in [6, 6.07) is -0.923. The molecule has 11 atom stereocenters. The largest absolute Gasteiger partial charge is 0.480 e. The normalized spacial score (nSPS) is 40.6. The predicted molar refractivity (Wildman–Crippen MR) is 93.2 cm³/mol. The first kappa shape index (κ1) is 23.7. The second kappa shape index (κ2) is 9.95. The minimum Gasteiger partial charge on any atom is -0.480 e. The van der Waals surface area contributed by atoms with Gasteiger partial charge in [-0.15, -0.1) is 11.8 Å². The quantitative estimate of drug-likeness (QED) is 0.174. The van der Waals surface area contributed by atoms with Crippen molar-refractivity contribution in [2.24, 2.45) is 0 Å². The van der Waals surface area contributed by atoms with Gasteiger partial charge in [-0.1, -0.05) is 0 Å². The van der Waals surface area contributed by atoms with Crippen LogP contribution in [0.25, 0.3) is 0 Å². The topological polar surface area (TPSA) is 220 Å². The summed E-state index contributed by atoms with van der Waals surface area (Å²) in [4.78, 5) is 10.9. The molecule has 0 saturated carbocycles. The van der Waals surface area contributed by atoms with Crippen LogP contribution >= 0.6 is 11.8 Å². The first-order valence-corrected chi connectivity index (χ1v) is 9.76. The maximum atomic E-state index is 10.9. The van der Waals surface area contributed by atoms with Crippen LogP contribution in [0.1, 0.15) is 6.42 Å². The molecule has 2 rings (SSSR count). The highest BCUT2D eigenvalue weighted by Crippen LogP contribution is 2.27. The summed E-state index contributed by atoms with van der Waals surface area (Å²) in [6.45, 7) is -0.656. The number of aliphatic hydroxyl groups excluding tert-OH is 8. The smallest absolute Gasteiger partial charge is 0.321 e. The van der Waals surface area contributed by atoms with E-state index in [-0.39, 0.29) is 5.75 Å². The van der Waals surface area contributed by atoms with Crippen molar-refractivity contribution >= 4 is 17.7 Å². The minimum atomic E-state index is -1.88. The summed E-state index contributed by atoms with van der Waals surface area (Å²) in [6.07, 6.45) is -14.8. The zero-order valence-electron chi connectivity index (χ0n) is 14.7. The first-order chi connectivity index (χ1) is 13.1. The van der Waals surface area contributed by atoms with Crippen LogP contribution < -0.4 is 5.32 Å². The third-order valence-corrected chi connectivity index (χ3v) is 6.28. The summed E-state index contributed by atoms with van der Waals surface area (Å²) in [5.41, 5.74) is 0. The number of aliphatic hydroxyl groups is 8. The second-order valence-corrected chi connectivity index (χ2v) is 8.13. The monoisotopic (exact) mass is 429 g/mol. The Balaban J connectivity index is 1.94. The van der Waals surface area contributed by atoms with Gasteiger partial charge in [-0.05, 0) is 0 Å². The number of carboxylic acids is 1. The first-order valence-electron chi connectivity index (χ1n) is 8.71. The zero-order chi connectivity index (χ0) is 21.2. The maximum Gasteiger partial charge on any atom is 0.321 e. The molecule has 0 aromatic heterocycles. The molecule has 28 heavy (non-hydrogen) atoms. The van der Waals surface area contributed by atoms with Gasteiger partial charge in [0.05, 0.1) is 24.2 Å². The third-order valence-electron chi connectivity index (χ3n) is 4.98. The van der Waals surface area contributed by atoms with Crippen molar-refractivity contribution in [1.82, 2.24) is 5.32 Å². The van der Waals surface area contributed by atoms with E-state index >= 15 is 0 Å². The van der Waals surface area contributed by atoms with E-state index in [1.54, 1.807) is 0 Å². The van der Waals surface area contributed by atoms with E-state index in [1.807, 2.05) is 0 Å². The molecule has 2 saturated heterocycles. The number of hydrogen-bond acceptors (Lipinski definition) is 12. The molecule has 0 spiro atoms. The summed E-state index contributed by atoms with van der Waals surface area (Å²) in [7, 11) is 0. The Labute approximate surface area is 164 Å². The van der Waals surface area contributed by atoms with Crippen LogP contribution in [0.15, 0.2) is 0 Å². The molecule has 164 valence electrons. The fourth-order valence-electron chi connectivity index (χ4n) is 3.19. The molecular weight excluding hydrogens is 402 g/mol.